The molecule has 0 aliphatic carbocycles. The van der Waals surface area contributed by atoms with Crippen LogP contribution in [0.4, 0.5) is 0 Å². The number of ether oxygens (including phenoxy) is 3. The summed E-state index contributed by atoms with van der Waals surface area (Å²) in [5.41, 5.74) is 0.533. The Hall–Kier alpha value is -3.09. The van der Waals surface area contributed by atoms with E-state index in [2.05, 4.69) is 0 Å². The molecule has 0 aromatic heterocycles. The van der Waals surface area contributed by atoms with Crippen LogP contribution in [0.1, 0.15) is 39.6 Å². The number of phenolic OH excluding ortho intramolecular Hbond substituents is 3. The third-order valence-corrected chi connectivity index (χ3v) is 6.21. The van der Waals surface area contributed by atoms with Gasteiger partial charge in [-0.1, -0.05) is 0 Å². The molecule has 1 saturated heterocycles. The molecular formula is C23H26O11. The number of aliphatic hydroxyl groups is 4. The van der Waals surface area contributed by atoms with Gasteiger partial charge in [0.15, 0.2) is 5.78 Å². The van der Waals surface area contributed by atoms with Gasteiger partial charge in [-0.2, -0.15) is 0 Å². The lowest BCUT2D eigenvalue weighted by atomic mass is 9.91. The van der Waals surface area contributed by atoms with Crippen LogP contribution in [-0.4, -0.2) is 78.8 Å². The summed E-state index contributed by atoms with van der Waals surface area (Å²) in [6, 6.07) is 3.91. The first kappa shape index (κ1) is 24.0. The Morgan fingerprint density at radius 3 is 2.38 bits per heavy atom. The van der Waals surface area contributed by atoms with Gasteiger partial charge in [0.2, 0.25) is 6.29 Å². The average Bonchev–Trinajstić information content (AvgIpc) is 2.82. The Kier molecular flexibility index (Phi) is 6.32. The molecule has 0 bridgehead atoms. The molecule has 11 nitrogen and oxygen atoms in total. The highest BCUT2D eigenvalue weighted by Gasteiger charge is 2.45. The van der Waals surface area contributed by atoms with E-state index >= 15 is 0 Å². The van der Waals surface area contributed by atoms with Crippen molar-refractivity contribution in [2.45, 2.75) is 57.1 Å². The zero-order valence-corrected chi connectivity index (χ0v) is 18.4. The number of hydrogen-bond donors (Lipinski definition) is 7. The highest BCUT2D eigenvalue weighted by molar-refractivity contribution is 6.04. The molecule has 4 rings (SSSR count). The molecule has 0 amide bonds. The minimum absolute atomic E-state index is 0.0102. The van der Waals surface area contributed by atoms with Crippen molar-refractivity contribution in [1.82, 2.24) is 0 Å². The maximum atomic E-state index is 12.9. The number of aliphatic hydroxyl groups excluding tert-OH is 4. The van der Waals surface area contributed by atoms with Crippen LogP contribution < -0.4 is 9.47 Å². The summed E-state index contributed by atoms with van der Waals surface area (Å²) in [5.74, 6) is -1.22. The van der Waals surface area contributed by atoms with Gasteiger partial charge in [-0.05, 0) is 32.0 Å². The molecule has 2 aromatic carbocycles. The van der Waals surface area contributed by atoms with Gasteiger partial charge >= 0.3 is 0 Å². The van der Waals surface area contributed by atoms with Gasteiger partial charge in [0.05, 0.1) is 13.0 Å². The first-order valence-corrected chi connectivity index (χ1v) is 10.6. The van der Waals surface area contributed by atoms with Crippen molar-refractivity contribution in [2.24, 2.45) is 0 Å². The van der Waals surface area contributed by atoms with Crippen LogP contribution in [0.3, 0.4) is 0 Å². The van der Waals surface area contributed by atoms with E-state index in [1.165, 1.54) is 32.0 Å². The Morgan fingerprint density at radius 2 is 1.71 bits per heavy atom. The fourth-order valence-corrected chi connectivity index (χ4v) is 4.20. The number of benzene rings is 2. The summed E-state index contributed by atoms with van der Waals surface area (Å²) in [4.78, 5) is 12.9. The molecule has 0 saturated carbocycles. The maximum absolute atomic E-state index is 12.9. The lowest BCUT2D eigenvalue weighted by molar-refractivity contribution is -0.277. The van der Waals surface area contributed by atoms with Crippen molar-refractivity contribution in [3.8, 4) is 28.7 Å². The SMILES string of the molecule is Cc1c(O)c(C)c2c(c1O)C(=O)C[C@@H](c1cc(O)ccc1O[C@H]1O[C@H](CO)[C@H](O)[C@@H](O)[C@H]1O)O2. The van der Waals surface area contributed by atoms with E-state index in [9.17, 15) is 40.5 Å². The van der Waals surface area contributed by atoms with Gasteiger partial charge in [-0.15, -0.1) is 0 Å². The van der Waals surface area contributed by atoms with Crippen molar-refractivity contribution in [1.29, 1.82) is 0 Å². The van der Waals surface area contributed by atoms with Gasteiger partial charge in [0, 0.05) is 16.7 Å². The predicted octanol–water partition coefficient (Wildman–Crippen LogP) is 0.305. The molecule has 11 heteroatoms. The quantitative estimate of drug-likeness (QED) is 0.320. The number of Topliss-reactive ketones (excluding diaryl/α,β-unsaturated/α-hetero) is 1. The van der Waals surface area contributed by atoms with E-state index in [-0.39, 0.29) is 57.4 Å². The van der Waals surface area contributed by atoms with E-state index in [0.29, 0.717) is 0 Å². The predicted molar refractivity (Wildman–Crippen MR) is 114 cm³/mol. The second kappa shape index (κ2) is 8.93. The average molecular weight is 478 g/mol. The number of ketones is 1. The highest BCUT2D eigenvalue weighted by atomic mass is 16.7. The Labute approximate surface area is 194 Å². The normalized spacial score (nSPS) is 28.8. The monoisotopic (exact) mass is 478 g/mol. The van der Waals surface area contributed by atoms with Crippen molar-refractivity contribution >= 4 is 5.78 Å². The topological polar surface area (TPSA) is 186 Å². The van der Waals surface area contributed by atoms with Crippen LogP contribution in [0.2, 0.25) is 0 Å². The van der Waals surface area contributed by atoms with Crippen molar-refractivity contribution < 1.29 is 54.8 Å². The van der Waals surface area contributed by atoms with Gasteiger partial charge in [-0.25, -0.2) is 0 Å². The lowest BCUT2D eigenvalue weighted by Gasteiger charge is -2.40. The molecule has 2 aromatic rings. The second-order valence-electron chi connectivity index (χ2n) is 8.42. The number of fused-ring (bicyclic) bond motifs is 1. The van der Waals surface area contributed by atoms with E-state index < -0.39 is 49.2 Å². The molecule has 34 heavy (non-hydrogen) atoms. The molecule has 2 aliphatic heterocycles. The van der Waals surface area contributed by atoms with E-state index in [0.717, 1.165) is 0 Å². The zero-order chi connectivity index (χ0) is 24.9. The summed E-state index contributed by atoms with van der Waals surface area (Å²) in [7, 11) is 0. The number of carbonyl (C=O) groups is 1. The highest BCUT2D eigenvalue weighted by Crippen LogP contribution is 2.48. The molecule has 1 fully saturated rings. The number of carbonyl (C=O) groups excluding carboxylic acids is 1. The Morgan fingerprint density at radius 1 is 1.00 bits per heavy atom. The molecule has 0 radical (unpaired) electrons. The molecule has 0 spiro atoms. The van der Waals surface area contributed by atoms with E-state index in [1.54, 1.807) is 0 Å². The zero-order valence-electron chi connectivity index (χ0n) is 18.4. The van der Waals surface area contributed by atoms with Crippen LogP contribution >= 0.6 is 0 Å². The van der Waals surface area contributed by atoms with E-state index in [1.807, 2.05) is 0 Å². The molecular weight excluding hydrogens is 452 g/mol. The van der Waals surface area contributed by atoms with Gasteiger partial charge < -0.3 is 50.0 Å². The Balaban J connectivity index is 1.70. The molecule has 2 heterocycles. The number of rotatable bonds is 4. The minimum Gasteiger partial charge on any atom is -0.508 e. The van der Waals surface area contributed by atoms with Crippen LogP contribution in [0.15, 0.2) is 18.2 Å². The fraction of sp³-hybridized carbons (Fsp3) is 0.435. The van der Waals surface area contributed by atoms with Crippen molar-refractivity contribution in [2.75, 3.05) is 6.61 Å². The summed E-state index contributed by atoms with van der Waals surface area (Å²) >= 11 is 0. The van der Waals surface area contributed by atoms with E-state index in [4.69, 9.17) is 14.2 Å². The van der Waals surface area contributed by atoms with Crippen LogP contribution in [-0.2, 0) is 4.74 Å². The largest absolute Gasteiger partial charge is 0.508 e. The first-order valence-electron chi connectivity index (χ1n) is 10.6. The summed E-state index contributed by atoms with van der Waals surface area (Å²) < 4.78 is 17.1. The van der Waals surface area contributed by atoms with Gasteiger partial charge in [-0.3, -0.25) is 4.79 Å². The maximum Gasteiger partial charge on any atom is 0.229 e. The summed E-state index contributed by atoms with van der Waals surface area (Å²) in [5, 5.41) is 70.4. The smallest absolute Gasteiger partial charge is 0.229 e. The molecule has 0 unspecified atom stereocenters. The number of aromatic hydroxyl groups is 3. The second-order valence-corrected chi connectivity index (χ2v) is 8.42. The van der Waals surface area contributed by atoms with Crippen LogP contribution in [0.5, 0.6) is 28.7 Å². The Bertz CT molecular complexity index is 1110. The molecule has 2 aliphatic rings. The van der Waals surface area contributed by atoms with Crippen molar-refractivity contribution in [3.05, 3.63) is 40.5 Å². The fourth-order valence-electron chi connectivity index (χ4n) is 4.20. The number of phenols is 3. The molecule has 6 atom stereocenters. The van der Waals surface area contributed by atoms with Crippen LogP contribution in [0.25, 0.3) is 0 Å². The first-order chi connectivity index (χ1) is 16.0. The standard InChI is InChI=1S/C23H26O11/c1-8-17(27)9(2)22-16(18(8)28)12(26)6-14(32-22)11-5-10(25)3-4-13(11)33-23-21(31)20(30)19(29)15(7-24)34-23/h3-5,14-15,19-21,23-25,27-31H,6-7H2,1-2H3/t14-,15+,19-,20+,21+,23-/m0/s1. The molecule has 184 valence electrons. The lowest BCUT2D eigenvalue weighted by Crippen LogP contribution is -2.60. The summed E-state index contributed by atoms with van der Waals surface area (Å²) in [6.45, 7) is 2.36. The summed E-state index contributed by atoms with van der Waals surface area (Å²) in [6.07, 6.45) is -8.84. The number of hydrogen-bond acceptors (Lipinski definition) is 11. The van der Waals surface area contributed by atoms with Gasteiger partial charge in [0.1, 0.15) is 64.8 Å². The minimum atomic E-state index is -1.67. The molecule has 7 N–H and O–H groups in total. The van der Waals surface area contributed by atoms with Crippen molar-refractivity contribution in [3.63, 3.8) is 0 Å². The van der Waals surface area contributed by atoms with Crippen LogP contribution in [0, 0.1) is 13.8 Å². The third kappa shape index (κ3) is 3.91. The van der Waals surface area contributed by atoms with Gasteiger partial charge in [0.25, 0.3) is 0 Å². The third-order valence-electron chi connectivity index (χ3n) is 6.21.